The van der Waals surface area contributed by atoms with Gasteiger partial charge in [0.1, 0.15) is 42.4 Å². The average Bonchev–Trinajstić information content (AvgIpc) is 3.55. The molecule has 0 amide bonds. The molecule has 1 unspecified atom stereocenters. The summed E-state index contributed by atoms with van der Waals surface area (Å²) in [6.45, 7) is 13.7. The number of carbonyl (C=O) groups is 2. The van der Waals surface area contributed by atoms with Crippen LogP contribution >= 0.6 is 0 Å². The van der Waals surface area contributed by atoms with E-state index in [0.29, 0.717) is 17.7 Å². The summed E-state index contributed by atoms with van der Waals surface area (Å²) in [6.07, 6.45) is 17.8. The maximum Gasteiger partial charge on any atom is 0.334 e. The van der Waals surface area contributed by atoms with Crippen molar-refractivity contribution in [2.75, 3.05) is 6.54 Å². The molecular weight excluding hydrogens is 624 g/mol. The van der Waals surface area contributed by atoms with Gasteiger partial charge in [-0.05, 0) is 78.1 Å². The molecule has 0 radical (unpaired) electrons. The summed E-state index contributed by atoms with van der Waals surface area (Å²) in [5.41, 5.74) is 4.24. The smallest absolute Gasteiger partial charge is 0.334 e. The van der Waals surface area contributed by atoms with Gasteiger partial charge in [0, 0.05) is 40.7 Å². The van der Waals surface area contributed by atoms with Crippen LogP contribution in [0.15, 0.2) is 64.1 Å². The van der Waals surface area contributed by atoms with Gasteiger partial charge in [0.2, 0.25) is 6.04 Å². The number of hydrogen-bond donors (Lipinski definition) is 0. The van der Waals surface area contributed by atoms with E-state index in [4.69, 9.17) is 18.9 Å². The molecule has 4 fully saturated rings. The van der Waals surface area contributed by atoms with E-state index < -0.39 is 0 Å². The zero-order valence-corrected chi connectivity index (χ0v) is 28.6. The Morgan fingerprint density at radius 3 is 2.18 bits per heavy atom. The number of nitrogens with zero attached hydrogens (tertiary/aromatic N) is 6. The molecule has 9 atom stereocenters. The molecule has 7 aliphatic rings. The Morgan fingerprint density at radius 1 is 0.918 bits per heavy atom. The second kappa shape index (κ2) is 12.5. The molecule has 12 nitrogen and oxygen atoms in total. The van der Waals surface area contributed by atoms with Crippen LogP contribution in [0.3, 0.4) is 0 Å². The molecule has 260 valence electrons. The van der Waals surface area contributed by atoms with Crippen molar-refractivity contribution in [3.8, 4) is 0 Å². The first-order valence-corrected chi connectivity index (χ1v) is 18.0. The normalized spacial score (nSPS) is 40.4. The minimum Gasteiger partial charge on any atom is -0.455 e. The molecule has 12 heteroatoms. The van der Waals surface area contributed by atoms with Crippen LogP contribution in [0.25, 0.3) is 0 Å². The van der Waals surface area contributed by atoms with Gasteiger partial charge in [-0.15, -0.1) is 9.78 Å². The molecule has 8 rings (SSSR count). The zero-order valence-electron chi connectivity index (χ0n) is 28.6. The molecule has 5 aliphatic heterocycles. The van der Waals surface area contributed by atoms with Crippen molar-refractivity contribution in [2.45, 2.75) is 133 Å². The molecule has 0 N–H and O–H groups in total. The maximum absolute atomic E-state index is 12.3. The molecule has 2 aliphatic carbocycles. The van der Waals surface area contributed by atoms with Crippen LogP contribution in [0.2, 0.25) is 0 Å². The van der Waals surface area contributed by atoms with Gasteiger partial charge in [-0.2, -0.15) is 0 Å². The van der Waals surface area contributed by atoms with Crippen LogP contribution in [0, 0.1) is 11.8 Å². The molecular formula is C37H47N6O6+. The van der Waals surface area contributed by atoms with E-state index in [0.717, 1.165) is 82.9 Å². The number of carbonyl (C=O) groups excluding carboxylic acids is 2. The first-order chi connectivity index (χ1) is 23.6. The zero-order chi connectivity index (χ0) is 33.9. The number of rotatable bonds is 8. The Kier molecular flexibility index (Phi) is 8.29. The van der Waals surface area contributed by atoms with Gasteiger partial charge < -0.3 is 18.9 Å². The highest BCUT2D eigenvalue weighted by Crippen LogP contribution is 2.51. The van der Waals surface area contributed by atoms with E-state index in [1.165, 1.54) is 11.1 Å². The second-order valence-corrected chi connectivity index (χ2v) is 15.4. The predicted molar refractivity (Wildman–Crippen MR) is 177 cm³/mol. The van der Waals surface area contributed by atoms with Crippen molar-refractivity contribution in [3.63, 3.8) is 0 Å². The summed E-state index contributed by atoms with van der Waals surface area (Å²) in [5.74, 6) is -0.581. The van der Waals surface area contributed by atoms with Gasteiger partial charge in [0.05, 0.1) is 23.4 Å². The van der Waals surface area contributed by atoms with Crippen LogP contribution in [-0.4, -0.2) is 86.0 Å². The summed E-state index contributed by atoms with van der Waals surface area (Å²) < 4.78 is 27.3. The monoisotopic (exact) mass is 671 g/mol. The Bertz CT molecular complexity index is 1690. The molecule has 1 aromatic rings. The topological polar surface area (TPSA) is 136 Å². The molecule has 0 spiro atoms. The largest absolute Gasteiger partial charge is 0.455 e. The Morgan fingerprint density at radius 2 is 1.53 bits per heavy atom. The van der Waals surface area contributed by atoms with Gasteiger partial charge >= 0.3 is 11.9 Å². The van der Waals surface area contributed by atoms with Crippen molar-refractivity contribution < 1.29 is 33.2 Å². The fourth-order valence-corrected chi connectivity index (χ4v) is 8.60. The fraction of sp³-hybridized carbons (Fsp3) is 0.649. The van der Waals surface area contributed by atoms with Gasteiger partial charge in [0.25, 0.3) is 0 Å². The molecule has 1 aromatic heterocycles. The summed E-state index contributed by atoms with van der Waals surface area (Å²) in [6, 6.07) is 0.00268. The summed E-state index contributed by atoms with van der Waals surface area (Å²) >= 11 is 0. The number of fused-ring (bicyclic) bond motifs is 6. The third kappa shape index (κ3) is 6.49. The first-order valence-electron chi connectivity index (χ1n) is 18.0. The van der Waals surface area contributed by atoms with E-state index in [9.17, 15) is 9.59 Å². The second-order valence-electron chi connectivity index (χ2n) is 15.4. The molecule has 0 bridgehead atoms. The number of hydrogen-bond acceptors (Lipinski definition) is 10. The van der Waals surface area contributed by atoms with E-state index in [2.05, 4.69) is 66.0 Å². The van der Waals surface area contributed by atoms with Gasteiger partial charge in [0.15, 0.2) is 0 Å². The summed E-state index contributed by atoms with van der Waals surface area (Å²) in [7, 11) is 0. The highest BCUT2D eigenvalue weighted by Gasteiger charge is 2.62. The van der Waals surface area contributed by atoms with Crippen LogP contribution in [0.5, 0.6) is 0 Å². The number of aryl methyl sites for hydroxylation is 1. The molecule has 49 heavy (non-hydrogen) atoms. The highest BCUT2D eigenvalue weighted by molar-refractivity contribution is 5.91. The molecule has 6 heterocycles. The summed E-state index contributed by atoms with van der Waals surface area (Å²) in [4.78, 5) is 24.6. The Labute approximate surface area is 286 Å². The number of ether oxygens (including phenoxy) is 4. The standard InChI is InChI=1S/C37H47N6O6/c1-22-28-13-11-24(8-5-15-36(3)32(48-36)30(28)46-34(22)44)18-27-21-42(40-39-27)17-7-10-26-20-43(41-38-26)19-25-9-6-16-37(4)33(49-37)31-29(14-12-25)23(2)35(45)47-31/h8-9,20-21,27-33H,1-2,5-7,10-19H2,3-4H3/q+1/b24-8+,25-9+/t27?,28-,29-,30-,31-,32-,33-,36+,37+/m0/s1. The SMILES string of the molecule is C=C1C(=O)O[C@H]2[C@H]1CC/C(CC1C=[N+](CCCc3cn(C/C4=C/CC[C@@]5(C)O[C@H]5[C@H]5OC(=O)C(=C)[C@@H]5CC4)nn3)N=N1)=C\CC[C@@]1(C)O[C@@H]21. The average molecular weight is 672 g/mol. The number of esters is 2. The van der Waals surface area contributed by atoms with E-state index in [1.807, 2.05) is 15.6 Å². The number of allylic oxidation sites excluding steroid dienone is 3. The van der Waals surface area contributed by atoms with Gasteiger partial charge in [-0.25, -0.2) is 14.3 Å². The lowest BCUT2D eigenvalue weighted by Gasteiger charge is -2.20. The van der Waals surface area contributed by atoms with Crippen LogP contribution < -0.4 is 0 Å². The fourth-order valence-electron chi connectivity index (χ4n) is 8.60. The van der Waals surface area contributed by atoms with Gasteiger partial charge in [-0.3, -0.25) is 0 Å². The Hall–Kier alpha value is -3.77. The van der Waals surface area contributed by atoms with Gasteiger partial charge in [-0.1, -0.05) is 41.7 Å². The predicted octanol–water partition coefficient (Wildman–Crippen LogP) is 4.94. The lowest BCUT2D eigenvalue weighted by Crippen LogP contribution is -2.29. The molecule has 0 aromatic carbocycles. The highest BCUT2D eigenvalue weighted by atomic mass is 16.7. The number of epoxide rings is 2. The summed E-state index contributed by atoms with van der Waals surface area (Å²) in [5, 5.41) is 17.9. The van der Waals surface area contributed by atoms with Crippen molar-refractivity contribution in [3.05, 3.63) is 59.5 Å². The van der Waals surface area contributed by atoms with E-state index >= 15 is 0 Å². The third-order valence-corrected chi connectivity index (χ3v) is 11.8. The van der Waals surface area contributed by atoms with Crippen molar-refractivity contribution in [1.29, 1.82) is 0 Å². The third-order valence-electron chi connectivity index (χ3n) is 11.8. The molecule has 4 saturated heterocycles. The van der Waals surface area contributed by atoms with E-state index in [1.54, 1.807) is 0 Å². The lowest BCUT2D eigenvalue weighted by atomic mass is 9.83. The Balaban J connectivity index is 0.821. The van der Waals surface area contributed by atoms with Crippen LogP contribution in [0.4, 0.5) is 0 Å². The number of aromatic nitrogens is 3. The van der Waals surface area contributed by atoms with E-state index in [-0.39, 0.29) is 65.4 Å². The van der Waals surface area contributed by atoms with Crippen LogP contribution in [-0.2, 0) is 41.5 Å². The quantitative estimate of drug-likeness (QED) is 0.125. The minimum atomic E-state index is -0.286. The van der Waals surface area contributed by atoms with Crippen molar-refractivity contribution in [1.82, 2.24) is 15.0 Å². The minimum absolute atomic E-state index is 0.00148. The lowest BCUT2D eigenvalue weighted by molar-refractivity contribution is -0.532. The maximum atomic E-state index is 12.3. The van der Waals surface area contributed by atoms with Crippen LogP contribution in [0.1, 0.15) is 83.7 Å². The van der Waals surface area contributed by atoms with Crippen molar-refractivity contribution >= 4 is 18.2 Å². The molecule has 0 saturated carbocycles. The first kappa shape index (κ1) is 32.4. The van der Waals surface area contributed by atoms with Crippen molar-refractivity contribution in [2.24, 2.45) is 22.2 Å².